The van der Waals surface area contributed by atoms with Gasteiger partial charge >= 0.3 is 0 Å². The average molecular weight is 429 g/mol. The Morgan fingerprint density at radius 1 is 1.17 bits per heavy atom. The Balaban J connectivity index is 1.34. The molecular formula is C20H24N6O3S. The molecule has 1 aromatic heterocycles. The molecule has 1 aromatic carbocycles. The normalized spacial score (nSPS) is 15.6. The summed E-state index contributed by atoms with van der Waals surface area (Å²) in [5.74, 6) is 0.643. The first-order chi connectivity index (χ1) is 14.5. The van der Waals surface area contributed by atoms with Crippen LogP contribution in [0.3, 0.4) is 0 Å². The predicted octanol–water partition coefficient (Wildman–Crippen LogP) is 1.65. The van der Waals surface area contributed by atoms with E-state index in [1.165, 1.54) is 11.8 Å². The number of anilines is 1. The molecular weight excluding hydrogens is 404 g/mol. The van der Waals surface area contributed by atoms with Crippen molar-refractivity contribution in [2.75, 3.05) is 11.1 Å². The van der Waals surface area contributed by atoms with Crippen LogP contribution in [-0.4, -0.2) is 44.3 Å². The third-order valence-electron chi connectivity index (χ3n) is 4.92. The number of primary amides is 1. The lowest BCUT2D eigenvalue weighted by Crippen LogP contribution is -2.25. The Morgan fingerprint density at radius 3 is 2.67 bits per heavy atom. The highest BCUT2D eigenvalue weighted by Crippen LogP contribution is 2.40. The molecule has 0 atom stereocenters. The van der Waals surface area contributed by atoms with E-state index in [0.29, 0.717) is 28.9 Å². The Morgan fingerprint density at radius 2 is 1.97 bits per heavy atom. The lowest BCUT2D eigenvalue weighted by Gasteiger charge is -2.09. The van der Waals surface area contributed by atoms with Crippen molar-refractivity contribution in [1.29, 1.82) is 0 Å². The minimum Gasteiger partial charge on any atom is -0.370 e. The fourth-order valence-electron chi connectivity index (χ4n) is 3.04. The first kappa shape index (κ1) is 20.4. The number of amides is 3. The molecule has 2 aliphatic carbocycles. The fraction of sp³-hybridized carbons (Fsp3) is 0.450. The number of benzene rings is 1. The zero-order valence-corrected chi connectivity index (χ0v) is 17.3. The maximum Gasteiger partial charge on any atom is 0.251 e. The highest BCUT2D eigenvalue weighted by Gasteiger charge is 2.30. The second-order valence-corrected chi connectivity index (χ2v) is 8.59. The van der Waals surface area contributed by atoms with Crippen LogP contribution in [0.25, 0.3) is 0 Å². The van der Waals surface area contributed by atoms with Gasteiger partial charge in [-0.25, -0.2) is 0 Å². The number of carbonyl (C=O) groups is 3. The van der Waals surface area contributed by atoms with Crippen molar-refractivity contribution >= 4 is 35.2 Å². The highest BCUT2D eigenvalue weighted by molar-refractivity contribution is 7.99. The molecule has 1 heterocycles. The molecule has 3 amide bonds. The van der Waals surface area contributed by atoms with Gasteiger partial charge in [-0.05, 0) is 43.9 Å². The van der Waals surface area contributed by atoms with Crippen LogP contribution in [-0.2, 0) is 16.1 Å². The van der Waals surface area contributed by atoms with E-state index >= 15 is 0 Å². The van der Waals surface area contributed by atoms with Gasteiger partial charge in [0.15, 0.2) is 5.16 Å². The number of thioether (sulfide) groups is 1. The van der Waals surface area contributed by atoms with Crippen molar-refractivity contribution in [3.8, 4) is 0 Å². The van der Waals surface area contributed by atoms with Gasteiger partial charge in [0, 0.05) is 36.2 Å². The number of nitrogens with one attached hydrogen (secondary N) is 2. The Labute approximate surface area is 178 Å². The van der Waals surface area contributed by atoms with Crippen molar-refractivity contribution in [3.63, 3.8) is 0 Å². The van der Waals surface area contributed by atoms with Crippen molar-refractivity contribution in [1.82, 2.24) is 20.1 Å². The number of hydrogen-bond donors (Lipinski definition) is 3. The van der Waals surface area contributed by atoms with E-state index in [9.17, 15) is 14.4 Å². The molecule has 2 aliphatic rings. The molecule has 0 spiro atoms. The van der Waals surface area contributed by atoms with E-state index in [-0.39, 0.29) is 35.9 Å². The van der Waals surface area contributed by atoms with Crippen molar-refractivity contribution in [2.24, 2.45) is 5.73 Å². The van der Waals surface area contributed by atoms with Gasteiger partial charge in [0.25, 0.3) is 5.91 Å². The zero-order chi connectivity index (χ0) is 21.1. The van der Waals surface area contributed by atoms with E-state index in [0.717, 1.165) is 31.5 Å². The van der Waals surface area contributed by atoms with Crippen LogP contribution in [0, 0.1) is 0 Å². The molecule has 4 rings (SSSR count). The van der Waals surface area contributed by atoms with Gasteiger partial charge in [0.05, 0.1) is 5.75 Å². The smallest absolute Gasteiger partial charge is 0.251 e. The number of rotatable bonds is 10. The lowest BCUT2D eigenvalue weighted by atomic mass is 10.2. The second kappa shape index (κ2) is 8.86. The van der Waals surface area contributed by atoms with Gasteiger partial charge in [-0.2, -0.15) is 0 Å². The van der Waals surface area contributed by atoms with Crippen molar-refractivity contribution in [3.05, 3.63) is 35.7 Å². The van der Waals surface area contributed by atoms with Gasteiger partial charge in [0.1, 0.15) is 5.82 Å². The first-order valence-corrected chi connectivity index (χ1v) is 11.0. The van der Waals surface area contributed by atoms with E-state index in [4.69, 9.17) is 5.73 Å². The fourth-order valence-corrected chi connectivity index (χ4v) is 3.82. The van der Waals surface area contributed by atoms with Crippen molar-refractivity contribution in [2.45, 2.75) is 55.8 Å². The summed E-state index contributed by atoms with van der Waals surface area (Å²) in [6.07, 6.45) is 4.36. The van der Waals surface area contributed by atoms with Gasteiger partial charge in [-0.15, -0.1) is 10.2 Å². The molecule has 30 heavy (non-hydrogen) atoms. The van der Waals surface area contributed by atoms with Gasteiger partial charge in [-0.3, -0.25) is 14.4 Å². The molecule has 0 radical (unpaired) electrons. The number of carbonyl (C=O) groups excluding carboxylic acids is 3. The summed E-state index contributed by atoms with van der Waals surface area (Å²) in [7, 11) is 0. The van der Waals surface area contributed by atoms with E-state index < -0.39 is 0 Å². The van der Waals surface area contributed by atoms with E-state index in [1.54, 1.807) is 24.3 Å². The SMILES string of the molecule is NC(=O)CCn1c(SCC(=O)Nc2cccc(C(=O)NC3CC3)c2)nnc1C1CC1. The molecule has 0 unspecified atom stereocenters. The Bertz CT molecular complexity index is 967. The Hall–Kier alpha value is -2.88. The maximum absolute atomic E-state index is 12.4. The number of aromatic nitrogens is 3. The third kappa shape index (κ3) is 5.38. The number of nitrogens with two attached hydrogens (primary N) is 1. The van der Waals surface area contributed by atoms with Crippen LogP contribution in [0.5, 0.6) is 0 Å². The van der Waals surface area contributed by atoms with Crippen LogP contribution in [0.2, 0.25) is 0 Å². The topological polar surface area (TPSA) is 132 Å². The molecule has 9 nitrogen and oxygen atoms in total. The molecule has 158 valence electrons. The van der Waals surface area contributed by atoms with Gasteiger partial charge < -0.3 is 20.9 Å². The summed E-state index contributed by atoms with van der Waals surface area (Å²) >= 11 is 1.27. The quantitative estimate of drug-likeness (QED) is 0.493. The maximum atomic E-state index is 12.4. The van der Waals surface area contributed by atoms with Crippen LogP contribution < -0.4 is 16.4 Å². The van der Waals surface area contributed by atoms with Crippen molar-refractivity contribution < 1.29 is 14.4 Å². The molecule has 0 bridgehead atoms. The van der Waals surface area contributed by atoms with Crippen LogP contribution in [0.1, 0.15) is 54.2 Å². The largest absolute Gasteiger partial charge is 0.370 e. The number of hydrogen-bond acceptors (Lipinski definition) is 6. The summed E-state index contributed by atoms with van der Waals surface area (Å²) < 4.78 is 1.89. The van der Waals surface area contributed by atoms with Crippen LogP contribution in [0.4, 0.5) is 5.69 Å². The molecule has 2 aromatic rings. The third-order valence-corrected chi connectivity index (χ3v) is 5.89. The van der Waals surface area contributed by atoms with E-state index in [1.807, 2.05) is 4.57 Å². The minimum absolute atomic E-state index is 0.127. The number of nitrogens with zero attached hydrogens (tertiary/aromatic N) is 3. The molecule has 0 aliphatic heterocycles. The summed E-state index contributed by atoms with van der Waals surface area (Å²) in [6.45, 7) is 0.413. The highest BCUT2D eigenvalue weighted by atomic mass is 32.2. The zero-order valence-electron chi connectivity index (χ0n) is 16.5. The standard InChI is InChI=1S/C20H24N6O3S/c21-16(27)8-9-26-18(12-4-5-12)24-25-20(26)30-11-17(28)22-15-3-1-2-13(10-15)19(29)23-14-6-7-14/h1-3,10,12,14H,4-9,11H2,(H2,21,27)(H,22,28)(H,23,29). The summed E-state index contributed by atoms with van der Waals surface area (Å²) in [5, 5.41) is 14.8. The van der Waals surface area contributed by atoms with E-state index in [2.05, 4.69) is 20.8 Å². The Kier molecular flexibility index (Phi) is 6.03. The lowest BCUT2D eigenvalue weighted by molar-refractivity contribution is -0.118. The first-order valence-electron chi connectivity index (χ1n) is 10.0. The molecule has 2 saturated carbocycles. The second-order valence-electron chi connectivity index (χ2n) is 7.65. The summed E-state index contributed by atoms with van der Waals surface area (Å²) in [4.78, 5) is 35.8. The predicted molar refractivity (Wildman–Crippen MR) is 112 cm³/mol. The minimum atomic E-state index is -0.384. The summed E-state index contributed by atoms with van der Waals surface area (Å²) in [6, 6.07) is 7.16. The molecule has 2 fully saturated rings. The van der Waals surface area contributed by atoms with Gasteiger partial charge in [0.2, 0.25) is 11.8 Å². The van der Waals surface area contributed by atoms with Crippen LogP contribution >= 0.6 is 11.8 Å². The van der Waals surface area contributed by atoms with Gasteiger partial charge in [-0.1, -0.05) is 17.8 Å². The average Bonchev–Trinajstić information content (AvgIpc) is 3.65. The monoisotopic (exact) mass is 428 g/mol. The van der Waals surface area contributed by atoms with Crippen LogP contribution in [0.15, 0.2) is 29.4 Å². The molecule has 4 N–H and O–H groups in total. The molecule has 10 heteroatoms. The summed E-state index contributed by atoms with van der Waals surface area (Å²) in [5.41, 5.74) is 6.37. The molecule has 0 saturated heterocycles.